The minimum absolute atomic E-state index is 0.0745. The van der Waals surface area contributed by atoms with Crippen LogP contribution < -0.4 is 16.0 Å². The van der Waals surface area contributed by atoms with Crippen LogP contribution in [0.3, 0.4) is 0 Å². The molecular formula is C21H27N3O4S. The number of hydrogen-bond acceptors (Lipinski definition) is 4. The van der Waals surface area contributed by atoms with Gasteiger partial charge in [-0.15, -0.1) is 0 Å². The van der Waals surface area contributed by atoms with Crippen molar-refractivity contribution in [2.75, 3.05) is 6.54 Å². The summed E-state index contributed by atoms with van der Waals surface area (Å²) in [5.41, 5.74) is -0.393. The highest BCUT2D eigenvalue weighted by Gasteiger charge is 2.50. The van der Waals surface area contributed by atoms with Crippen LogP contribution in [0.1, 0.15) is 38.5 Å². The van der Waals surface area contributed by atoms with Gasteiger partial charge in [-0.3, -0.25) is 13.9 Å². The van der Waals surface area contributed by atoms with Crippen LogP contribution in [-0.2, 0) is 24.1 Å². The van der Waals surface area contributed by atoms with Crippen molar-refractivity contribution in [2.45, 2.75) is 43.4 Å². The summed E-state index contributed by atoms with van der Waals surface area (Å²) in [5.74, 6) is 2.28. The van der Waals surface area contributed by atoms with Crippen LogP contribution in [0.5, 0.6) is 0 Å². The summed E-state index contributed by atoms with van der Waals surface area (Å²) in [4.78, 5) is 24.7. The first-order valence-corrected chi connectivity index (χ1v) is 11.9. The van der Waals surface area contributed by atoms with Gasteiger partial charge in [0.15, 0.2) is 0 Å². The molecule has 1 aromatic carbocycles. The summed E-state index contributed by atoms with van der Waals surface area (Å²) < 4.78 is 31.3. The van der Waals surface area contributed by atoms with Crippen molar-refractivity contribution < 1.29 is 8.42 Å². The molecule has 1 heterocycles. The number of benzene rings is 1. The smallest absolute Gasteiger partial charge is 0.296 e. The Morgan fingerprint density at radius 2 is 1.59 bits per heavy atom. The van der Waals surface area contributed by atoms with Gasteiger partial charge in [-0.2, -0.15) is 0 Å². The van der Waals surface area contributed by atoms with E-state index in [9.17, 15) is 18.0 Å². The number of aromatic nitrogens is 2. The molecule has 0 aliphatic heterocycles. The van der Waals surface area contributed by atoms with Crippen molar-refractivity contribution in [1.82, 2.24) is 13.9 Å². The van der Waals surface area contributed by atoms with Crippen LogP contribution in [0.25, 0.3) is 10.9 Å². The highest BCUT2D eigenvalue weighted by atomic mass is 32.2. The van der Waals surface area contributed by atoms with Crippen molar-refractivity contribution in [3.63, 3.8) is 0 Å². The largest absolute Gasteiger partial charge is 0.330 e. The second-order valence-corrected chi connectivity index (χ2v) is 11.4. The van der Waals surface area contributed by atoms with E-state index in [-0.39, 0.29) is 15.7 Å². The van der Waals surface area contributed by atoms with Crippen LogP contribution >= 0.6 is 0 Å². The maximum absolute atomic E-state index is 13.0. The van der Waals surface area contributed by atoms with Gasteiger partial charge >= 0.3 is 5.69 Å². The maximum Gasteiger partial charge on any atom is 0.330 e. The van der Waals surface area contributed by atoms with Crippen molar-refractivity contribution in [3.05, 3.63) is 39.0 Å². The van der Waals surface area contributed by atoms with Gasteiger partial charge in [-0.05, 0) is 79.9 Å². The second kappa shape index (κ2) is 6.28. The predicted octanol–water partition coefficient (Wildman–Crippen LogP) is 1.73. The average molecular weight is 418 g/mol. The Kier molecular flexibility index (Phi) is 4.13. The molecule has 8 heteroatoms. The molecule has 156 valence electrons. The van der Waals surface area contributed by atoms with Gasteiger partial charge < -0.3 is 0 Å². The van der Waals surface area contributed by atoms with Crippen molar-refractivity contribution in [1.29, 1.82) is 0 Å². The first-order valence-electron chi connectivity index (χ1n) is 10.4. The zero-order valence-corrected chi connectivity index (χ0v) is 17.7. The number of nitrogens with zero attached hydrogens (tertiary/aromatic N) is 2. The zero-order chi connectivity index (χ0) is 20.6. The Morgan fingerprint density at radius 3 is 2.17 bits per heavy atom. The number of nitrogens with one attached hydrogen (secondary N) is 1. The van der Waals surface area contributed by atoms with Crippen LogP contribution in [0.15, 0.2) is 32.7 Å². The lowest BCUT2D eigenvalue weighted by Gasteiger charge is -2.56. The van der Waals surface area contributed by atoms with Gasteiger partial charge in [0.1, 0.15) is 0 Å². The van der Waals surface area contributed by atoms with E-state index in [0.29, 0.717) is 12.1 Å². The molecule has 1 aromatic heterocycles. The fourth-order valence-corrected chi connectivity index (χ4v) is 7.76. The van der Waals surface area contributed by atoms with Gasteiger partial charge in [-0.25, -0.2) is 17.9 Å². The standard InChI is InChI=1S/C21H27N3O4S/c1-23-18-4-3-16(8-17(18)19(25)24(2)20(23)26)29(27,28)22-12-21-9-13-5-14(10-21)7-15(6-13)11-21/h3-4,8,13-15,22H,5-7,9-12H2,1-2H3. The van der Waals surface area contributed by atoms with Crippen molar-refractivity contribution in [2.24, 2.45) is 37.3 Å². The SMILES string of the molecule is Cn1c(=O)c2cc(S(=O)(=O)NCC34CC5CC(CC(C5)C3)C4)ccc2n(C)c1=O. The van der Waals surface area contributed by atoms with Crippen LogP contribution in [0, 0.1) is 23.2 Å². The fourth-order valence-electron chi connectivity index (χ4n) is 6.58. The van der Waals surface area contributed by atoms with E-state index in [1.807, 2.05) is 0 Å². The Hall–Kier alpha value is -1.93. The first kappa shape index (κ1) is 19.1. The van der Waals surface area contributed by atoms with E-state index >= 15 is 0 Å². The molecule has 4 saturated carbocycles. The molecule has 4 fully saturated rings. The van der Waals surface area contributed by atoms with E-state index in [0.717, 1.165) is 41.6 Å². The lowest BCUT2D eigenvalue weighted by atomic mass is 9.50. The summed E-state index contributed by atoms with van der Waals surface area (Å²) in [6.07, 6.45) is 7.34. The molecule has 2 aromatic rings. The molecule has 0 unspecified atom stereocenters. The Balaban J connectivity index is 1.45. The fraction of sp³-hybridized carbons (Fsp3) is 0.619. The number of fused-ring (bicyclic) bond motifs is 1. The van der Waals surface area contributed by atoms with Gasteiger partial charge in [0.25, 0.3) is 5.56 Å². The highest BCUT2D eigenvalue weighted by Crippen LogP contribution is 2.59. The topological polar surface area (TPSA) is 90.2 Å². The molecule has 7 nitrogen and oxygen atoms in total. The third-order valence-electron chi connectivity index (χ3n) is 7.55. The summed E-state index contributed by atoms with van der Waals surface area (Å²) in [5, 5.41) is 0.229. The Labute approximate surface area is 169 Å². The zero-order valence-electron chi connectivity index (χ0n) is 16.8. The molecule has 29 heavy (non-hydrogen) atoms. The number of sulfonamides is 1. The average Bonchev–Trinajstić information content (AvgIpc) is 2.68. The molecule has 0 saturated heterocycles. The summed E-state index contributed by atoms with van der Waals surface area (Å²) in [6.45, 7) is 0.474. The minimum atomic E-state index is -3.73. The summed E-state index contributed by atoms with van der Waals surface area (Å²) >= 11 is 0. The summed E-state index contributed by atoms with van der Waals surface area (Å²) in [7, 11) is -0.761. The molecule has 4 aliphatic rings. The Bertz CT molecular complexity index is 1190. The predicted molar refractivity (Wildman–Crippen MR) is 110 cm³/mol. The van der Waals surface area contributed by atoms with Crippen molar-refractivity contribution in [3.8, 4) is 0 Å². The van der Waals surface area contributed by atoms with Gasteiger partial charge in [-0.1, -0.05) is 0 Å². The van der Waals surface area contributed by atoms with E-state index in [1.54, 1.807) is 7.05 Å². The molecule has 1 N–H and O–H groups in total. The second-order valence-electron chi connectivity index (χ2n) is 9.63. The van der Waals surface area contributed by atoms with E-state index in [2.05, 4.69) is 4.72 Å². The van der Waals surface area contributed by atoms with E-state index < -0.39 is 21.3 Å². The number of hydrogen-bond donors (Lipinski definition) is 1. The lowest BCUT2D eigenvalue weighted by molar-refractivity contribution is -0.0487. The number of aryl methyl sites for hydroxylation is 1. The highest BCUT2D eigenvalue weighted by molar-refractivity contribution is 7.89. The van der Waals surface area contributed by atoms with Crippen LogP contribution in [-0.4, -0.2) is 24.1 Å². The third kappa shape index (κ3) is 2.99. The minimum Gasteiger partial charge on any atom is -0.296 e. The summed E-state index contributed by atoms with van der Waals surface area (Å²) in [6, 6.07) is 4.40. The number of rotatable bonds is 4. The quantitative estimate of drug-likeness (QED) is 0.820. The van der Waals surface area contributed by atoms with Gasteiger partial charge in [0, 0.05) is 20.6 Å². The molecule has 6 rings (SSSR count). The third-order valence-corrected chi connectivity index (χ3v) is 8.95. The van der Waals surface area contributed by atoms with Crippen LogP contribution in [0.4, 0.5) is 0 Å². The van der Waals surface area contributed by atoms with Crippen LogP contribution in [0.2, 0.25) is 0 Å². The normalized spacial score (nSPS) is 30.9. The monoisotopic (exact) mass is 417 g/mol. The van der Waals surface area contributed by atoms with Crippen molar-refractivity contribution >= 4 is 20.9 Å². The molecule has 4 aliphatic carbocycles. The molecule has 0 amide bonds. The van der Waals surface area contributed by atoms with E-state index in [4.69, 9.17) is 0 Å². The molecule has 0 radical (unpaired) electrons. The van der Waals surface area contributed by atoms with E-state index in [1.165, 1.54) is 49.1 Å². The van der Waals surface area contributed by atoms with Gasteiger partial charge in [0.05, 0.1) is 15.8 Å². The molecule has 0 spiro atoms. The molecule has 0 atom stereocenters. The lowest BCUT2D eigenvalue weighted by Crippen LogP contribution is -2.51. The maximum atomic E-state index is 13.0. The molecule has 4 bridgehead atoms. The molecular weight excluding hydrogens is 390 g/mol. The Morgan fingerprint density at radius 1 is 1.00 bits per heavy atom. The first-order chi connectivity index (χ1) is 13.7. The van der Waals surface area contributed by atoms with Gasteiger partial charge in [0.2, 0.25) is 10.0 Å².